The van der Waals surface area contributed by atoms with Crippen LogP contribution in [0.3, 0.4) is 0 Å². The minimum absolute atomic E-state index is 0.175. The zero-order chi connectivity index (χ0) is 25.6. The van der Waals surface area contributed by atoms with E-state index in [1.54, 1.807) is 0 Å². The molecule has 0 aliphatic heterocycles. The molecule has 5 heteroatoms. The van der Waals surface area contributed by atoms with Crippen molar-refractivity contribution >= 4 is 22.6 Å². The summed E-state index contributed by atoms with van der Waals surface area (Å²) in [6.45, 7) is 12.2. The molecule has 0 bridgehead atoms. The Labute approximate surface area is 211 Å². The summed E-state index contributed by atoms with van der Waals surface area (Å²) in [5.74, 6) is -0.175. The number of fused-ring (bicyclic) bond motifs is 1. The Balaban J connectivity index is 1.73. The molecule has 1 N–H and O–H groups in total. The van der Waals surface area contributed by atoms with E-state index in [9.17, 15) is 4.79 Å². The number of anilines is 1. The van der Waals surface area contributed by atoms with Crippen molar-refractivity contribution in [3.8, 4) is 16.9 Å². The molecule has 5 rings (SSSR count). The molecular weight excluding hydrogens is 444 g/mol. The van der Waals surface area contributed by atoms with Gasteiger partial charge in [-0.15, -0.1) is 0 Å². The van der Waals surface area contributed by atoms with Crippen LogP contribution in [0.25, 0.3) is 28.0 Å². The van der Waals surface area contributed by atoms with E-state index >= 15 is 0 Å². The summed E-state index contributed by atoms with van der Waals surface area (Å²) in [5, 5.41) is 8.74. The molecule has 2 heterocycles. The summed E-state index contributed by atoms with van der Waals surface area (Å²) in [6, 6.07) is 22.4. The van der Waals surface area contributed by atoms with Crippen molar-refractivity contribution in [3.63, 3.8) is 0 Å². The molecular formula is C31H30N4O. The second kappa shape index (κ2) is 9.08. The van der Waals surface area contributed by atoms with Gasteiger partial charge in [-0.1, -0.05) is 65.2 Å². The molecule has 0 aliphatic carbocycles. The van der Waals surface area contributed by atoms with E-state index in [1.165, 1.54) is 11.1 Å². The van der Waals surface area contributed by atoms with E-state index in [2.05, 4.69) is 62.5 Å². The van der Waals surface area contributed by atoms with Crippen LogP contribution in [0, 0.1) is 41.5 Å². The highest BCUT2D eigenvalue weighted by Crippen LogP contribution is 2.31. The van der Waals surface area contributed by atoms with Crippen molar-refractivity contribution < 1.29 is 4.79 Å². The van der Waals surface area contributed by atoms with Gasteiger partial charge in [-0.05, 0) is 70.9 Å². The van der Waals surface area contributed by atoms with E-state index < -0.39 is 0 Å². The molecule has 0 radical (unpaired) electrons. The Morgan fingerprint density at radius 3 is 2.06 bits per heavy atom. The molecule has 3 aromatic carbocycles. The fraction of sp³-hybridized carbons (Fsp3) is 0.194. The maximum atomic E-state index is 13.7. The standard InChI is InChI=1S/C31H30N4O/c1-18-7-11-24(12-8-18)27-17-25(31(36)33-26-13-9-19(2)15-21(26)4)29-23(6)34-35(30(29)32-27)28-14-10-20(3)16-22(28)5/h7-17H,1-6H3,(H,33,36). The number of carbonyl (C=O) groups is 1. The minimum atomic E-state index is -0.175. The van der Waals surface area contributed by atoms with Gasteiger partial charge in [0.25, 0.3) is 5.91 Å². The van der Waals surface area contributed by atoms with Gasteiger partial charge in [0, 0.05) is 11.3 Å². The average molecular weight is 475 g/mol. The molecule has 0 spiro atoms. The Hall–Kier alpha value is -4.25. The SMILES string of the molecule is Cc1ccc(-c2cc(C(=O)Nc3ccc(C)cc3C)c3c(C)nn(-c4ccc(C)cc4C)c3n2)cc1. The molecule has 180 valence electrons. The van der Waals surface area contributed by atoms with Crippen LogP contribution in [0.4, 0.5) is 5.69 Å². The third-order valence-corrected chi connectivity index (χ3v) is 6.62. The summed E-state index contributed by atoms with van der Waals surface area (Å²) in [4.78, 5) is 18.8. The number of benzene rings is 3. The Morgan fingerprint density at radius 1 is 0.750 bits per heavy atom. The lowest BCUT2D eigenvalue weighted by molar-refractivity contribution is 0.102. The quantitative estimate of drug-likeness (QED) is 0.300. The maximum absolute atomic E-state index is 13.7. The number of pyridine rings is 1. The monoisotopic (exact) mass is 474 g/mol. The first-order valence-electron chi connectivity index (χ1n) is 12.1. The van der Waals surface area contributed by atoms with Gasteiger partial charge in [-0.3, -0.25) is 4.79 Å². The molecule has 0 saturated carbocycles. The second-order valence-electron chi connectivity index (χ2n) is 9.68. The van der Waals surface area contributed by atoms with Crippen LogP contribution < -0.4 is 5.32 Å². The smallest absolute Gasteiger partial charge is 0.256 e. The van der Waals surface area contributed by atoms with Crippen molar-refractivity contribution in [2.45, 2.75) is 41.5 Å². The van der Waals surface area contributed by atoms with Crippen molar-refractivity contribution in [1.82, 2.24) is 14.8 Å². The zero-order valence-electron chi connectivity index (χ0n) is 21.6. The molecule has 0 saturated heterocycles. The van der Waals surface area contributed by atoms with E-state index in [-0.39, 0.29) is 5.91 Å². The summed E-state index contributed by atoms with van der Waals surface area (Å²) >= 11 is 0. The third-order valence-electron chi connectivity index (χ3n) is 6.62. The first kappa shape index (κ1) is 23.5. The number of carbonyl (C=O) groups excluding carboxylic acids is 1. The summed E-state index contributed by atoms with van der Waals surface area (Å²) < 4.78 is 1.87. The van der Waals surface area contributed by atoms with Gasteiger partial charge in [0.2, 0.25) is 0 Å². The Kier molecular flexibility index (Phi) is 5.92. The van der Waals surface area contributed by atoms with Crippen LogP contribution in [0.5, 0.6) is 0 Å². The first-order chi connectivity index (χ1) is 17.2. The van der Waals surface area contributed by atoms with E-state index in [0.29, 0.717) is 11.2 Å². The van der Waals surface area contributed by atoms with Crippen LogP contribution in [0.15, 0.2) is 66.7 Å². The number of hydrogen-bond acceptors (Lipinski definition) is 3. The molecule has 0 unspecified atom stereocenters. The molecule has 0 atom stereocenters. The molecule has 2 aromatic heterocycles. The Bertz CT molecular complexity index is 1630. The lowest BCUT2D eigenvalue weighted by Crippen LogP contribution is -2.14. The highest BCUT2D eigenvalue weighted by atomic mass is 16.1. The molecule has 36 heavy (non-hydrogen) atoms. The minimum Gasteiger partial charge on any atom is -0.322 e. The molecule has 5 aromatic rings. The summed E-state index contributed by atoms with van der Waals surface area (Å²) in [5.41, 5.74) is 11.1. The lowest BCUT2D eigenvalue weighted by Gasteiger charge is -2.13. The summed E-state index contributed by atoms with van der Waals surface area (Å²) in [6.07, 6.45) is 0. The van der Waals surface area contributed by atoms with Crippen molar-refractivity contribution in [2.75, 3.05) is 5.32 Å². The summed E-state index contributed by atoms with van der Waals surface area (Å²) in [7, 11) is 0. The number of aryl methyl sites for hydroxylation is 6. The van der Waals surface area contributed by atoms with Gasteiger partial charge >= 0.3 is 0 Å². The third kappa shape index (κ3) is 4.29. The van der Waals surface area contributed by atoms with Crippen LogP contribution in [-0.4, -0.2) is 20.7 Å². The van der Waals surface area contributed by atoms with Gasteiger partial charge in [0.05, 0.1) is 28.0 Å². The predicted molar refractivity (Wildman–Crippen MR) is 147 cm³/mol. The second-order valence-corrected chi connectivity index (χ2v) is 9.68. The average Bonchev–Trinajstić information content (AvgIpc) is 3.17. The van der Waals surface area contributed by atoms with Gasteiger partial charge < -0.3 is 5.32 Å². The van der Waals surface area contributed by atoms with Gasteiger partial charge in [0.15, 0.2) is 5.65 Å². The van der Waals surface area contributed by atoms with Crippen molar-refractivity contribution in [3.05, 3.63) is 106 Å². The normalized spacial score (nSPS) is 11.2. The van der Waals surface area contributed by atoms with Gasteiger partial charge in [-0.25, -0.2) is 9.67 Å². The van der Waals surface area contributed by atoms with Crippen LogP contribution in [-0.2, 0) is 0 Å². The largest absolute Gasteiger partial charge is 0.322 e. The highest BCUT2D eigenvalue weighted by Gasteiger charge is 2.22. The molecule has 1 amide bonds. The predicted octanol–water partition coefficient (Wildman–Crippen LogP) is 7.19. The van der Waals surface area contributed by atoms with Gasteiger partial charge in [0.1, 0.15) is 0 Å². The number of hydrogen-bond donors (Lipinski definition) is 1. The number of aromatic nitrogens is 3. The number of nitrogens with zero attached hydrogens (tertiary/aromatic N) is 3. The van der Waals surface area contributed by atoms with E-state index in [1.807, 2.05) is 55.8 Å². The molecule has 0 aliphatic rings. The zero-order valence-corrected chi connectivity index (χ0v) is 21.6. The fourth-order valence-electron chi connectivity index (χ4n) is 4.69. The maximum Gasteiger partial charge on any atom is 0.256 e. The highest BCUT2D eigenvalue weighted by molar-refractivity contribution is 6.13. The topological polar surface area (TPSA) is 59.8 Å². The Morgan fingerprint density at radius 2 is 1.39 bits per heavy atom. The number of amides is 1. The fourth-order valence-corrected chi connectivity index (χ4v) is 4.69. The molecule has 0 fully saturated rings. The van der Waals surface area contributed by atoms with Crippen molar-refractivity contribution in [1.29, 1.82) is 0 Å². The van der Waals surface area contributed by atoms with Gasteiger partial charge in [-0.2, -0.15) is 5.10 Å². The molecule has 5 nitrogen and oxygen atoms in total. The van der Waals surface area contributed by atoms with Crippen LogP contribution >= 0.6 is 0 Å². The number of rotatable bonds is 4. The first-order valence-corrected chi connectivity index (χ1v) is 12.1. The van der Waals surface area contributed by atoms with E-state index in [4.69, 9.17) is 10.1 Å². The van der Waals surface area contributed by atoms with Crippen molar-refractivity contribution in [2.24, 2.45) is 0 Å². The van der Waals surface area contributed by atoms with Crippen LogP contribution in [0.2, 0.25) is 0 Å². The number of nitrogens with one attached hydrogen (secondary N) is 1. The van der Waals surface area contributed by atoms with E-state index in [0.717, 1.165) is 50.4 Å². The van der Waals surface area contributed by atoms with Crippen LogP contribution in [0.1, 0.15) is 43.9 Å². The lowest BCUT2D eigenvalue weighted by atomic mass is 10.0.